The maximum atomic E-state index is 15.7. The number of hydrogen-bond donors (Lipinski definition) is 2. The van der Waals surface area contributed by atoms with Gasteiger partial charge >= 0.3 is 12.4 Å². The number of benzene rings is 2. The molecule has 3 atom stereocenters. The number of alkyl halides is 6. The predicted octanol–water partition coefficient (Wildman–Crippen LogP) is 6.69. The van der Waals surface area contributed by atoms with E-state index in [2.05, 4.69) is 15.5 Å². The second kappa shape index (κ2) is 11.2. The second-order valence-electron chi connectivity index (χ2n) is 10.8. The van der Waals surface area contributed by atoms with Gasteiger partial charge in [-0.1, -0.05) is 18.2 Å². The van der Waals surface area contributed by atoms with Crippen LogP contribution in [0.1, 0.15) is 42.5 Å². The summed E-state index contributed by atoms with van der Waals surface area (Å²) in [4.78, 5) is 2.70. The SMILES string of the molecule is C[C@@H]1Cc2cc(-c3cn[nH]c3)ccc2[C@@H](c2c(F)cc(NC3CCN(CCC(F)(F)F)C3)cc2F)N1CC(F)(F)F. The van der Waals surface area contributed by atoms with Crippen molar-refractivity contribution in [2.24, 2.45) is 0 Å². The molecule has 5 nitrogen and oxygen atoms in total. The Hall–Kier alpha value is -3.19. The van der Waals surface area contributed by atoms with E-state index in [1.165, 1.54) is 0 Å². The van der Waals surface area contributed by atoms with Crippen molar-refractivity contribution in [1.29, 1.82) is 0 Å². The minimum Gasteiger partial charge on any atom is -0.381 e. The van der Waals surface area contributed by atoms with Crippen LogP contribution in [0, 0.1) is 11.6 Å². The first kappa shape index (κ1) is 29.3. The average molecular weight is 588 g/mol. The molecule has 1 aromatic heterocycles. The van der Waals surface area contributed by atoms with E-state index in [0.29, 0.717) is 24.1 Å². The lowest BCUT2D eigenvalue weighted by Crippen LogP contribution is -2.47. The van der Waals surface area contributed by atoms with Gasteiger partial charge in [-0.3, -0.25) is 10.00 Å². The molecule has 0 saturated carbocycles. The van der Waals surface area contributed by atoms with Crippen LogP contribution in [0.25, 0.3) is 11.1 Å². The van der Waals surface area contributed by atoms with Crippen LogP contribution in [0.4, 0.5) is 40.8 Å². The minimum absolute atomic E-state index is 0.0770. The normalized spacial score (nSPS) is 22.2. The molecule has 0 aliphatic carbocycles. The van der Waals surface area contributed by atoms with E-state index in [9.17, 15) is 26.3 Å². The van der Waals surface area contributed by atoms with E-state index in [1.54, 1.807) is 36.4 Å². The van der Waals surface area contributed by atoms with Gasteiger partial charge in [-0.25, -0.2) is 8.78 Å². The van der Waals surface area contributed by atoms with Crippen molar-refractivity contribution in [3.63, 3.8) is 0 Å². The molecule has 2 aliphatic rings. The molecule has 41 heavy (non-hydrogen) atoms. The summed E-state index contributed by atoms with van der Waals surface area (Å²) in [6.45, 7) is 0.757. The van der Waals surface area contributed by atoms with Crippen LogP contribution >= 0.6 is 0 Å². The molecule has 0 radical (unpaired) electrons. The third kappa shape index (κ3) is 6.83. The van der Waals surface area contributed by atoms with Gasteiger partial charge in [0.25, 0.3) is 0 Å². The number of H-pyrrole nitrogens is 1. The largest absolute Gasteiger partial charge is 0.401 e. The zero-order valence-electron chi connectivity index (χ0n) is 22.1. The van der Waals surface area contributed by atoms with Gasteiger partial charge in [-0.05, 0) is 48.6 Å². The number of nitrogens with zero attached hydrogens (tertiary/aromatic N) is 3. The molecule has 222 valence electrons. The van der Waals surface area contributed by atoms with E-state index >= 15 is 8.78 Å². The Balaban J connectivity index is 1.44. The van der Waals surface area contributed by atoms with E-state index in [-0.39, 0.29) is 31.2 Å². The van der Waals surface area contributed by atoms with Crippen LogP contribution in [0.5, 0.6) is 0 Å². The van der Waals surface area contributed by atoms with Gasteiger partial charge in [0.15, 0.2) is 0 Å². The summed E-state index contributed by atoms with van der Waals surface area (Å²) in [5, 5.41) is 9.60. The fourth-order valence-electron chi connectivity index (χ4n) is 5.88. The first-order valence-electron chi connectivity index (χ1n) is 13.3. The molecular weight excluding hydrogens is 558 g/mol. The monoisotopic (exact) mass is 587 g/mol. The standard InChI is InChI=1S/C28H29F8N5/c1-16-8-18-9-17(19-12-37-38-13-19)2-3-22(18)26(41(16)15-28(34,35)36)25-23(29)10-21(11-24(25)30)39-20-4-6-40(14-20)7-5-27(31,32)33/h2-3,9-13,16,20,26,39H,4-8,14-15H2,1H3,(H,37,38)/t16-,20?,26+/m1/s1. The van der Waals surface area contributed by atoms with E-state index in [1.807, 2.05) is 6.07 Å². The first-order chi connectivity index (χ1) is 19.3. The van der Waals surface area contributed by atoms with Crippen molar-refractivity contribution in [2.75, 3.05) is 31.5 Å². The number of nitrogens with one attached hydrogen (secondary N) is 2. The van der Waals surface area contributed by atoms with Crippen molar-refractivity contribution in [3.05, 3.63) is 71.1 Å². The lowest BCUT2D eigenvalue weighted by atomic mass is 9.83. The van der Waals surface area contributed by atoms with Gasteiger partial charge in [0, 0.05) is 54.7 Å². The van der Waals surface area contributed by atoms with Crippen LogP contribution in [0.15, 0.2) is 42.7 Å². The number of aromatic nitrogens is 2. The van der Waals surface area contributed by atoms with Crippen LogP contribution < -0.4 is 5.32 Å². The van der Waals surface area contributed by atoms with Gasteiger partial charge < -0.3 is 10.2 Å². The Morgan fingerprint density at radius 3 is 2.37 bits per heavy atom. The Labute approximate surface area is 231 Å². The molecule has 13 heteroatoms. The molecule has 3 aromatic rings. The number of likely N-dealkylation sites (tertiary alicyclic amines) is 1. The third-order valence-corrected chi connectivity index (χ3v) is 7.75. The van der Waals surface area contributed by atoms with Crippen molar-refractivity contribution >= 4 is 5.69 Å². The van der Waals surface area contributed by atoms with Gasteiger partial charge in [-0.2, -0.15) is 31.4 Å². The Bertz CT molecular complexity index is 1330. The summed E-state index contributed by atoms with van der Waals surface area (Å²) < 4.78 is 110. The lowest BCUT2D eigenvalue weighted by molar-refractivity contribution is -0.155. The molecule has 2 N–H and O–H groups in total. The van der Waals surface area contributed by atoms with Gasteiger partial charge in [-0.15, -0.1) is 0 Å². The number of rotatable bonds is 7. The zero-order chi connectivity index (χ0) is 29.5. The maximum Gasteiger partial charge on any atom is 0.401 e. The summed E-state index contributed by atoms with van der Waals surface area (Å²) in [6, 6.07) is 4.86. The number of anilines is 1. The molecule has 0 amide bonds. The second-order valence-corrected chi connectivity index (χ2v) is 10.8. The topological polar surface area (TPSA) is 47.2 Å². The maximum absolute atomic E-state index is 15.7. The summed E-state index contributed by atoms with van der Waals surface area (Å²) in [7, 11) is 0. The van der Waals surface area contributed by atoms with Gasteiger partial charge in [0.1, 0.15) is 11.6 Å². The van der Waals surface area contributed by atoms with Crippen LogP contribution in [-0.4, -0.2) is 70.6 Å². The molecule has 1 fully saturated rings. The molecule has 2 aromatic carbocycles. The zero-order valence-corrected chi connectivity index (χ0v) is 22.1. The minimum atomic E-state index is -4.60. The molecule has 1 saturated heterocycles. The van der Waals surface area contributed by atoms with Crippen molar-refractivity contribution in [2.45, 2.75) is 56.7 Å². The summed E-state index contributed by atoms with van der Waals surface area (Å²) in [5.74, 6) is -2.01. The van der Waals surface area contributed by atoms with Crippen molar-refractivity contribution in [3.8, 4) is 11.1 Å². The molecule has 0 spiro atoms. The van der Waals surface area contributed by atoms with Gasteiger partial charge in [0.05, 0.1) is 25.2 Å². The third-order valence-electron chi connectivity index (χ3n) is 7.75. The average Bonchev–Trinajstić information content (AvgIpc) is 3.55. The van der Waals surface area contributed by atoms with Crippen LogP contribution in [0.2, 0.25) is 0 Å². The Morgan fingerprint density at radius 2 is 1.73 bits per heavy atom. The molecule has 3 heterocycles. The Kier molecular flexibility index (Phi) is 8.03. The summed E-state index contributed by atoms with van der Waals surface area (Å²) in [6.07, 6.45) is -5.81. The number of fused-ring (bicyclic) bond motifs is 1. The predicted molar refractivity (Wildman–Crippen MR) is 137 cm³/mol. The fraction of sp³-hybridized carbons (Fsp3) is 0.464. The molecular formula is C28H29F8N5. The van der Waals surface area contributed by atoms with Crippen molar-refractivity contribution < 1.29 is 35.1 Å². The molecule has 0 bridgehead atoms. The van der Waals surface area contributed by atoms with Gasteiger partial charge in [0.2, 0.25) is 0 Å². The first-order valence-corrected chi connectivity index (χ1v) is 13.3. The molecule has 2 aliphatic heterocycles. The quantitative estimate of drug-likeness (QED) is 0.303. The smallest absolute Gasteiger partial charge is 0.381 e. The van der Waals surface area contributed by atoms with Crippen LogP contribution in [-0.2, 0) is 6.42 Å². The highest BCUT2D eigenvalue weighted by atomic mass is 19.4. The molecule has 5 rings (SSSR count). The highest BCUT2D eigenvalue weighted by Gasteiger charge is 2.42. The van der Waals surface area contributed by atoms with Crippen molar-refractivity contribution in [1.82, 2.24) is 20.0 Å². The fourth-order valence-corrected chi connectivity index (χ4v) is 5.88. The number of aromatic amines is 1. The highest BCUT2D eigenvalue weighted by molar-refractivity contribution is 5.64. The number of halogens is 8. The summed E-state index contributed by atoms with van der Waals surface area (Å²) >= 11 is 0. The highest BCUT2D eigenvalue weighted by Crippen LogP contribution is 2.43. The Morgan fingerprint density at radius 1 is 1.00 bits per heavy atom. The lowest BCUT2D eigenvalue weighted by Gasteiger charge is -2.42. The summed E-state index contributed by atoms with van der Waals surface area (Å²) in [5.41, 5.74) is 2.20. The van der Waals surface area contributed by atoms with E-state index < -0.39 is 54.6 Å². The number of hydrogen-bond acceptors (Lipinski definition) is 4. The van der Waals surface area contributed by atoms with E-state index in [4.69, 9.17) is 0 Å². The molecule has 1 unspecified atom stereocenters. The van der Waals surface area contributed by atoms with E-state index in [0.717, 1.165) is 28.2 Å². The van der Waals surface area contributed by atoms with Crippen LogP contribution in [0.3, 0.4) is 0 Å².